The van der Waals surface area contributed by atoms with Crippen LogP contribution in [0, 0.1) is 5.82 Å². The minimum absolute atomic E-state index is 0.00871. The summed E-state index contributed by atoms with van der Waals surface area (Å²) in [4.78, 5) is 32.5. The van der Waals surface area contributed by atoms with E-state index in [2.05, 4.69) is 10.3 Å². The highest BCUT2D eigenvalue weighted by Crippen LogP contribution is 2.16. The van der Waals surface area contributed by atoms with Gasteiger partial charge < -0.3 is 10.2 Å². The third-order valence-corrected chi connectivity index (χ3v) is 6.89. The Bertz CT molecular complexity index is 1260. The van der Waals surface area contributed by atoms with Gasteiger partial charge in [-0.1, -0.05) is 48.5 Å². The van der Waals surface area contributed by atoms with Crippen molar-refractivity contribution in [1.29, 1.82) is 0 Å². The number of rotatable bonds is 11. The van der Waals surface area contributed by atoms with E-state index < -0.39 is 40.2 Å². The molecule has 1 N–H and O–H groups in total. The van der Waals surface area contributed by atoms with Crippen LogP contribution < -0.4 is 5.32 Å². The van der Waals surface area contributed by atoms with Gasteiger partial charge in [-0.05, 0) is 35.4 Å². The molecule has 0 saturated heterocycles. The second-order valence-electron chi connectivity index (χ2n) is 8.41. The standard InChI is InChI=1S/C26H29FN4O4S/c1-30(36(2,34)35)19-25(32)31(18-21-11-13-22(27)14-12-21)24(16-20-8-4-3-5-9-20)26(33)29-17-23-10-6-7-15-28-23/h3-15,24H,16-19H2,1-2H3,(H,29,33). The van der Waals surface area contributed by atoms with E-state index in [0.29, 0.717) is 11.3 Å². The predicted octanol–water partition coefficient (Wildman–Crippen LogP) is 2.37. The number of aromatic nitrogens is 1. The highest BCUT2D eigenvalue weighted by molar-refractivity contribution is 7.88. The number of carbonyl (C=O) groups excluding carboxylic acids is 2. The van der Waals surface area contributed by atoms with Crippen LogP contribution in [0.4, 0.5) is 4.39 Å². The topological polar surface area (TPSA) is 99.7 Å². The van der Waals surface area contributed by atoms with Gasteiger partial charge in [0.15, 0.2) is 0 Å². The summed E-state index contributed by atoms with van der Waals surface area (Å²) in [5.41, 5.74) is 2.07. The number of halogens is 1. The van der Waals surface area contributed by atoms with Crippen molar-refractivity contribution in [1.82, 2.24) is 19.5 Å². The maximum absolute atomic E-state index is 13.5. The van der Waals surface area contributed by atoms with Crippen molar-refractivity contribution >= 4 is 21.8 Å². The lowest BCUT2D eigenvalue weighted by molar-refractivity contribution is -0.141. The highest BCUT2D eigenvalue weighted by Gasteiger charge is 2.32. The number of amides is 2. The molecule has 10 heteroatoms. The maximum Gasteiger partial charge on any atom is 0.243 e. The molecule has 8 nitrogen and oxygen atoms in total. The molecule has 1 unspecified atom stereocenters. The molecule has 3 rings (SSSR count). The van der Waals surface area contributed by atoms with Crippen LogP contribution in [0.5, 0.6) is 0 Å². The van der Waals surface area contributed by atoms with E-state index in [1.165, 1.54) is 36.2 Å². The molecule has 0 radical (unpaired) electrons. The Hall–Kier alpha value is -3.63. The van der Waals surface area contributed by atoms with Crippen LogP contribution in [0.15, 0.2) is 79.0 Å². The van der Waals surface area contributed by atoms with Gasteiger partial charge >= 0.3 is 0 Å². The van der Waals surface area contributed by atoms with Crippen LogP contribution in [0.25, 0.3) is 0 Å². The molecule has 36 heavy (non-hydrogen) atoms. The van der Waals surface area contributed by atoms with Crippen molar-refractivity contribution in [3.05, 3.63) is 102 Å². The normalized spacial score (nSPS) is 12.2. The molecule has 0 aliphatic heterocycles. The van der Waals surface area contributed by atoms with E-state index in [4.69, 9.17) is 0 Å². The van der Waals surface area contributed by atoms with Crippen LogP contribution in [-0.2, 0) is 39.1 Å². The van der Waals surface area contributed by atoms with Gasteiger partial charge in [0.25, 0.3) is 0 Å². The molecule has 1 aromatic heterocycles. The Balaban J connectivity index is 1.94. The zero-order valence-corrected chi connectivity index (χ0v) is 21.0. The quantitative estimate of drug-likeness (QED) is 0.425. The molecular formula is C26H29FN4O4S. The molecule has 0 saturated carbocycles. The first-order valence-electron chi connectivity index (χ1n) is 11.3. The van der Waals surface area contributed by atoms with Gasteiger partial charge in [-0.3, -0.25) is 14.6 Å². The zero-order valence-electron chi connectivity index (χ0n) is 20.2. The monoisotopic (exact) mass is 512 g/mol. The lowest BCUT2D eigenvalue weighted by atomic mass is 10.0. The van der Waals surface area contributed by atoms with E-state index in [-0.39, 0.29) is 19.5 Å². The molecule has 1 heterocycles. The first-order valence-corrected chi connectivity index (χ1v) is 13.1. The van der Waals surface area contributed by atoms with Crippen LogP contribution >= 0.6 is 0 Å². The first-order chi connectivity index (χ1) is 17.1. The smallest absolute Gasteiger partial charge is 0.243 e. The van der Waals surface area contributed by atoms with E-state index in [1.807, 2.05) is 30.3 Å². The van der Waals surface area contributed by atoms with Crippen molar-refractivity contribution in [2.24, 2.45) is 0 Å². The summed E-state index contributed by atoms with van der Waals surface area (Å²) in [5, 5.41) is 2.85. The van der Waals surface area contributed by atoms with Crippen LogP contribution in [0.1, 0.15) is 16.8 Å². The lowest BCUT2D eigenvalue weighted by Crippen LogP contribution is -2.52. The van der Waals surface area contributed by atoms with E-state index in [9.17, 15) is 22.4 Å². The van der Waals surface area contributed by atoms with Gasteiger partial charge in [-0.2, -0.15) is 4.31 Å². The van der Waals surface area contributed by atoms with Crippen LogP contribution in [0.3, 0.4) is 0 Å². The molecule has 0 spiro atoms. The molecule has 0 bridgehead atoms. The number of sulfonamides is 1. The first kappa shape index (κ1) is 27.0. The molecule has 2 amide bonds. The predicted molar refractivity (Wildman–Crippen MR) is 134 cm³/mol. The van der Waals surface area contributed by atoms with Crippen molar-refractivity contribution in [2.75, 3.05) is 19.8 Å². The fraction of sp³-hybridized carbons (Fsp3) is 0.269. The largest absolute Gasteiger partial charge is 0.349 e. The number of nitrogens with zero attached hydrogens (tertiary/aromatic N) is 3. The number of carbonyl (C=O) groups is 2. The molecule has 3 aromatic rings. The minimum Gasteiger partial charge on any atom is -0.349 e. The summed E-state index contributed by atoms with van der Waals surface area (Å²) >= 11 is 0. The van der Waals surface area contributed by atoms with Crippen LogP contribution in [0.2, 0.25) is 0 Å². The minimum atomic E-state index is -3.63. The molecule has 0 aliphatic carbocycles. The van der Waals surface area contributed by atoms with Crippen molar-refractivity contribution in [3.8, 4) is 0 Å². The Labute approximate surface area is 210 Å². The SMILES string of the molecule is CN(CC(=O)N(Cc1ccc(F)cc1)C(Cc1ccccc1)C(=O)NCc1ccccn1)S(C)(=O)=O. The molecule has 0 aliphatic rings. The van der Waals surface area contributed by atoms with Crippen LogP contribution in [-0.4, -0.2) is 60.3 Å². The zero-order chi connectivity index (χ0) is 26.1. The third-order valence-electron chi connectivity index (χ3n) is 5.63. The number of hydrogen-bond donors (Lipinski definition) is 1. The number of pyridine rings is 1. The summed E-state index contributed by atoms with van der Waals surface area (Å²) < 4.78 is 38.4. The highest BCUT2D eigenvalue weighted by atomic mass is 32.2. The van der Waals surface area contributed by atoms with Gasteiger partial charge in [0.1, 0.15) is 11.9 Å². The van der Waals surface area contributed by atoms with Gasteiger partial charge in [-0.15, -0.1) is 0 Å². The van der Waals surface area contributed by atoms with E-state index in [1.54, 1.807) is 24.4 Å². The van der Waals surface area contributed by atoms with Crippen molar-refractivity contribution in [2.45, 2.75) is 25.6 Å². The Morgan fingerprint density at radius 3 is 2.25 bits per heavy atom. The van der Waals surface area contributed by atoms with Crippen molar-refractivity contribution in [3.63, 3.8) is 0 Å². The fourth-order valence-corrected chi connectivity index (χ4v) is 3.88. The summed E-state index contributed by atoms with van der Waals surface area (Å²) in [5.74, 6) is -1.40. The average Bonchev–Trinajstić information content (AvgIpc) is 2.86. The van der Waals surface area contributed by atoms with E-state index in [0.717, 1.165) is 16.1 Å². The summed E-state index contributed by atoms with van der Waals surface area (Å²) in [6.45, 7) is -0.295. The van der Waals surface area contributed by atoms with Gasteiger partial charge in [0, 0.05) is 26.2 Å². The molecule has 2 aromatic carbocycles. The molecular weight excluding hydrogens is 483 g/mol. The second kappa shape index (κ2) is 12.4. The lowest BCUT2D eigenvalue weighted by Gasteiger charge is -2.32. The number of benzene rings is 2. The summed E-state index contributed by atoms with van der Waals surface area (Å²) in [7, 11) is -2.33. The second-order valence-corrected chi connectivity index (χ2v) is 10.5. The molecule has 190 valence electrons. The van der Waals surface area contributed by atoms with E-state index >= 15 is 0 Å². The number of likely N-dealkylation sites (N-methyl/N-ethyl adjacent to an activating group) is 1. The summed E-state index contributed by atoms with van der Waals surface area (Å²) in [6, 6.07) is 19.2. The summed E-state index contributed by atoms with van der Waals surface area (Å²) in [6.07, 6.45) is 2.82. The maximum atomic E-state index is 13.5. The van der Waals surface area contributed by atoms with Gasteiger partial charge in [-0.25, -0.2) is 12.8 Å². The average molecular weight is 513 g/mol. The molecule has 0 fully saturated rings. The van der Waals surface area contributed by atoms with Gasteiger partial charge in [0.05, 0.1) is 25.0 Å². The third kappa shape index (κ3) is 7.96. The Kier molecular flexibility index (Phi) is 9.26. The number of nitrogens with one attached hydrogen (secondary N) is 1. The Morgan fingerprint density at radius 2 is 1.64 bits per heavy atom. The number of hydrogen-bond acceptors (Lipinski definition) is 5. The Morgan fingerprint density at radius 1 is 0.972 bits per heavy atom. The molecule has 1 atom stereocenters. The van der Waals surface area contributed by atoms with Gasteiger partial charge in [0.2, 0.25) is 21.8 Å². The van der Waals surface area contributed by atoms with Crippen molar-refractivity contribution < 1.29 is 22.4 Å². The fourth-order valence-electron chi connectivity index (χ4n) is 3.54.